The van der Waals surface area contributed by atoms with Crippen molar-refractivity contribution in [3.05, 3.63) is 0 Å². The molecule has 2 aliphatic heterocycles. The molecule has 2 heterocycles. The Morgan fingerprint density at radius 3 is 2.80 bits per heavy atom. The van der Waals surface area contributed by atoms with Gasteiger partial charge >= 0.3 is 0 Å². The molecule has 3 heteroatoms. The van der Waals surface area contributed by atoms with E-state index in [1.807, 2.05) is 0 Å². The minimum atomic E-state index is 0.0453. The maximum atomic E-state index is 9.62. The third-order valence-electron chi connectivity index (χ3n) is 4.29. The van der Waals surface area contributed by atoms with Gasteiger partial charge in [0.1, 0.15) is 0 Å². The molecule has 15 heavy (non-hydrogen) atoms. The van der Waals surface area contributed by atoms with Crippen molar-refractivity contribution in [3.8, 4) is 0 Å². The average Bonchev–Trinajstić information content (AvgIpc) is 2.87. The zero-order valence-corrected chi connectivity index (χ0v) is 10.00. The van der Waals surface area contributed by atoms with E-state index in [9.17, 15) is 5.11 Å². The maximum Gasteiger partial charge on any atom is 0.0616 e. The lowest BCUT2D eigenvalue weighted by atomic mass is 9.82. The van der Waals surface area contributed by atoms with Crippen LogP contribution in [0.5, 0.6) is 0 Å². The summed E-state index contributed by atoms with van der Waals surface area (Å²) in [6.07, 6.45) is 3.62. The second-order valence-electron chi connectivity index (χ2n) is 5.42. The van der Waals surface area contributed by atoms with Crippen molar-refractivity contribution in [3.63, 3.8) is 0 Å². The Hall–Kier alpha value is -0.120. The summed E-state index contributed by atoms with van der Waals surface area (Å²) in [4.78, 5) is 2.53. The van der Waals surface area contributed by atoms with Gasteiger partial charge in [-0.25, -0.2) is 0 Å². The number of aliphatic hydroxyl groups is 1. The van der Waals surface area contributed by atoms with Gasteiger partial charge in [0.15, 0.2) is 0 Å². The van der Waals surface area contributed by atoms with Gasteiger partial charge in [-0.05, 0) is 52.1 Å². The fraction of sp³-hybridized carbons (Fsp3) is 1.00. The third kappa shape index (κ3) is 2.05. The van der Waals surface area contributed by atoms with Crippen LogP contribution in [0.2, 0.25) is 0 Å². The topological polar surface area (TPSA) is 35.5 Å². The van der Waals surface area contributed by atoms with Crippen LogP contribution in [0.15, 0.2) is 0 Å². The lowest BCUT2D eigenvalue weighted by Crippen LogP contribution is -2.51. The van der Waals surface area contributed by atoms with Crippen LogP contribution in [0.3, 0.4) is 0 Å². The highest BCUT2D eigenvalue weighted by atomic mass is 16.3. The largest absolute Gasteiger partial charge is 0.394 e. The number of nitrogens with zero attached hydrogens (tertiary/aromatic N) is 1. The minimum Gasteiger partial charge on any atom is -0.394 e. The van der Waals surface area contributed by atoms with Gasteiger partial charge in [-0.2, -0.15) is 0 Å². The fourth-order valence-corrected chi connectivity index (χ4v) is 3.15. The van der Waals surface area contributed by atoms with E-state index in [0.29, 0.717) is 18.6 Å². The summed E-state index contributed by atoms with van der Waals surface area (Å²) in [5, 5.41) is 13.2. The Balaban J connectivity index is 1.99. The fourth-order valence-electron chi connectivity index (χ4n) is 3.15. The standard InChI is InChI=1S/C12H24N2O/c1-10(2)14-7-4-11(8-14)12(9-15)5-3-6-13-12/h10-11,13,15H,3-9H2,1-2H3. The Kier molecular flexibility index (Phi) is 3.33. The van der Waals surface area contributed by atoms with Crippen molar-refractivity contribution in [2.24, 2.45) is 5.92 Å². The zero-order chi connectivity index (χ0) is 10.9. The summed E-state index contributed by atoms with van der Waals surface area (Å²) in [5.41, 5.74) is 0.0453. The zero-order valence-electron chi connectivity index (χ0n) is 10.00. The Labute approximate surface area is 92.8 Å². The van der Waals surface area contributed by atoms with E-state index < -0.39 is 0 Å². The SMILES string of the molecule is CC(C)N1CCC(C2(CO)CCCN2)C1. The normalized spacial score (nSPS) is 38.0. The molecule has 2 unspecified atom stereocenters. The van der Waals surface area contributed by atoms with Crippen LogP contribution in [0, 0.1) is 5.92 Å². The first-order valence-corrected chi connectivity index (χ1v) is 6.28. The lowest BCUT2D eigenvalue weighted by molar-refractivity contribution is 0.118. The first-order valence-electron chi connectivity index (χ1n) is 6.28. The quantitative estimate of drug-likeness (QED) is 0.727. The third-order valence-corrected chi connectivity index (χ3v) is 4.29. The molecule has 2 atom stereocenters. The number of rotatable bonds is 3. The van der Waals surface area contributed by atoms with Crippen LogP contribution >= 0.6 is 0 Å². The summed E-state index contributed by atoms with van der Waals surface area (Å²) in [6.45, 7) is 8.27. The molecule has 88 valence electrons. The molecule has 2 fully saturated rings. The molecule has 2 aliphatic rings. The van der Waals surface area contributed by atoms with E-state index in [4.69, 9.17) is 0 Å². The number of likely N-dealkylation sites (tertiary alicyclic amines) is 1. The van der Waals surface area contributed by atoms with Crippen molar-refractivity contribution in [2.75, 3.05) is 26.2 Å². The second kappa shape index (κ2) is 4.40. The van der Waals surface area contributed by atoms with Crippen molar-refractivity contribution >= 4 is 0 Å². The van der Waals surface area contributed by atoms with E-state index in [2.05, 4.69) is 24.1 Å². The summed E-state index contributed by atoms with van der Waals surface area (Å²) < 4.78 is 0. The predicted octanol–water partition coefficient (Wildman–Crippen LogP) is 0.831. The van der Waals surface area contributed by atoms with E-state index in [-0.39, 0.29) is 5.54 Å². The molecule has 2 N–H and O–H groups in total. The number of hydrogen-bond donors (Lipinski definition) is 2. The van der Waals surface area contributed by atoms with E-state index in [1.54, 1.807) is 0 Å². The first kappa shape index (κ1) is 11.4. The smallest absolute Gasteiger partial charge is 0.0616 e. The molecule has 0 amide bonds. The first-order chi connectivity index (χ1) is 7.18. The van der Waals surface area contributed by atoms with Gasteiger partial charge in [0.2, 0.25) is 0 Å². The molecule has 2 rings (SSSR count). The average molecular weight is 212 g/mol. The number of aliphatic hydroxyl groups excluding tert-OH is 1. The van der Waals surface area contributed by atoms with Gasteiger partial charge in [0.25, 0.3) is 0 Å². The van der Waals surface area contributed by atoms with Crippen molar-refractivity contribution < 1.29 is 5.11 Å². The van der Waals surface area contributed by atoms with Gasteiger partial charge in [-0.15, -0.1) is 0 Å². The van der Waals surface area contributed by atoms with Crippen molar-refractivity contribution in [1.29, 1.82) is 0 Å². The molecule has 0 aromatic heterocycles. The predicted molar refractivity (Wildman–Crippen MR) is 61.9 cm³/mol. The lowest BCUT2D eigenvalue weighted by Gasteiger charge is -2.34. The molecule has 0 radical (unpaired) electrons. The molecule has 0 aromatic carbocycles. The molecular formula is C12H24N2O. The van der Waals surface area contributed by atoms with Crippen molar-refractivity contribution in [2.45, 2.75) is 44.7 Å². The van der Waals surface area contributed by atoms with Crippen LogP contribution in [0.4, 0.5) is 0 Å². The second-order valence-corrected chi connectivity index (χ2v) is 5.42. The van der Waals surface area contributed by atoms with E-state index in [1.165, 1.54) is 19.4 Å². The highest BCUT2D eigenvalue weighted by molar-refractivity contribution is 5.01. The van der Waals surface area contributed by atoms with Gasteiger partial charge < -0.3 is 15.3 Å². The molecule has 0 saturated carbocycles. The monoisotopic (exact) mass is 212 g/mol. The Morgan fingerprint density at radius 2 is 2.33 bits per heavy atom. The van der Waals surface area contributed by atoms with Gasteiger partial charge in [0.05, 0.1) is 6.61 Å². The van der Waals surface area contributed by atoms with E-state index >= 15 is 0 Å². The van der Waals surface area contributed by atoms with Crippen LogP contribution in [-0.4, -0.2) is 47.8 Å². The Bertz CT molecular complexity index is 212. The minimum absolute atomic E-state index is 0.0453. The van der Waals surface area contributed by atoms with Crippen LogP contribution in [0.25, 0.3) is 0 Å². The van der Waals surface area contributed by atoms with Gasteiger partial charge in [-0.3, -0.25) is 0 Å². The van der Waals surface area contributed by atoms with Crippen LogP contribution < -0.4 is 5.32 Å². The Morgan fingerprint density at radius 1 is 1.53 bits per heavy atom. The van der Waals surface area contributed by atoms with Gasteiger partial charge in [-0.1, -0.05) is 0 Å². The molecule has 0 spiro atoms. The van der Waals surface area contributed by atoms with E-state index in [0.717, 1.165) is 19.5 Å². The molecule has 0 aromatic rings. The number of nitrogens with one attached hydrogen (secondary N) is 1. The summed E-state index contributed by atoms with van der Waals surface area (Å²) in [5.74, 6) is 0.646. The number of hydrogen-bond acceptors (Lipinski definition) is 3. The summed E-state index contributed by atoms with van der Waals surface area (Å²) >= 11 is 0. The molecular weight excluding hydrogens is 188 g/mol. The molecule has 3 nitrogen and oxygen atoms in total. The molecule has 0 bridgehead atoms. The highest BCUT2D eigenvalue weighted by Gasteiger charge is 2.43. The molecule has 2 saturated heterocycles. The van der Waals surface area contributed by atoms with Crippen molar-refractivity contribution in [1.82, 2.24) is 10.2 Å². The summed E-state index contributed by atoms with van der Waals surface area (Å²) in [7, 11) is 0. The highest BCUT2D eigenvalue weighted by Crippen LogP contribution is 2.34. The molecule has 0 aliphatic carbocycles. The summed E-state index contributed by atoms with van der Waals surface area (Å²) in [6, 6.07) is 0.646. The van der Waals surface area contributed by atoms with Gasteiger partial charge in [0, 0.05) is 18.1 Å². The van der Waals surface area contributed by atoms with Crippen LogP contribution in [-0.2, 0) is 0 Å². The maximum absolute atomic E-state index is 9.62. The van der Waals surface area contributed by atoms with Crippen LogP contribution in [0.1, 0.15) is 33.1 Å².